The summed E-state index contributed by atoms with van der Waals surface area (Å²) in [5, 5.41) is 13.5. The third-order valence-electron chi connectivity index (χ3n) is 6.74. The van der Waals surface area contributed by atoms with Crippen molar-refractivity contribution < 1.29 is 32.4 Å². The number of rotatable bonds is 7. The molecule has 0 spiro atoms. The summed E-state index contributed by atoms with van der Waals surface area (Å²) in [6, 6.07) is 8.75. The lowest BCUT2D eigenvalue weighted by Crippen LogP contribution is -2.32. The van der Waals surface area contributed by atoms with Gasteiger partial charge in [-0.2, -0.15) is 13.2 Å². The molecular weight excluding hydrogens is 463 g/mol. The first-order chi connectivity index (χ1) is 16.5. The van der Waals surface area contributed by atoms with E-state index < -0.39 is 28.5 Å². The van der Waals surface area contributed by atoms with Crippen LogP contribution < -0.4 is 4.74 Å². The van der Waals surface area contributed by atoms with Crippen LogP contribution in [0.5, 0.6) is 5.75 Å². The first kappa shape index (κ1) is 28.4. The second kappa shape index (κ2) is 11.7. The molecule has 6 nitrogen and oxygen atoms in total. The molecule has 194 valence electrons. The van der Waals surface area contributed by atoms with Crippen molar-refractivity contribution in [1.82, 2.24) is 0 Å². The summed E-state index contributed by atoms with van der Waals surface area (Å²) < 4.78 is 49.4. The van der Waals surface area contributed by atoms with Crippen LogP contribution >= 0.6 is 0 Å². The molecule has 1 aliphatic carbocycles. The summed E-state index contributed by atoms with van der Waals surface area (Å²) in [6.07, 6.45) is -3.67. The molecule has 0 aliphatic heterocycles. The average molecular weight is 498 g/mol. The quantitative estimate of drug-likeness (QED) is 0.231. The lowest BCUT2D eigenvalue weighted by molar-refractivity contribution is -0.575. The lowest BCUT2D eigenvalue weighted by Gasteiger charge is -2.30. The summed E-state index contributed by atoms with van der Waals surface area (Å²) >= 11 is 0. The minimum atomic E-state index is -4.16. The van der Waals surface area contributed by atoms with Gasteiger partial charge in [0.1, 0.15) is 5.75 Å². The minimum absolute atomic E-state index is 0.00104. The molecule has 9 heteroatoms. The normalized spacial score (nSPS) is 19.8. The van der Waals surface area contributed by atoms with E-state index in [1.807, 2.05) is 20.8 Å². The maximum atomic E-state index is 12.9. The maximum absolute atomic E-state index is 12.9. The van der Waals surface area contributed by atoms with Crippen LogP contribution in [0.1, 0.15) is 70.4 Å². The van der Waals surface area contributed by atoms with E-state index in [4.69, 9.17) is 4.74 Å². The Labute approximate surface area is 203 Å². The molecule has 0 saturated heterocycles. The predicted molar refractivity (Wildman–Crippen MR) is 128 cm³/mol. The van der Waals surface area contributed by atoms with E-state index in [1.165, 1.54) is 14.0 Å². The van der Waals surface area contributed by atoms with Crippen molar-refractivity contribution in [2.24, 2.45) is 5.92 Å². The Bertz CT molecular complexity index is 1030. The number of esters is 1. The second-order valence-corrected chi connectivity index (χ2v) is 8.86. The number of carbonyl (C=O) groups excluding carboxylic acids is 1. The van der Waals surface area contributed by atoms with Gasteiger partial charge in [0.15, 0.2) is 0 Å². The SMILES string of the molecule is CC.COC(=O)CCC(C)(c1ccc2c(C)c(OC3CCC(C(F)(F)F)CC3)ccc2c1)[N+](=O)[O-]. The van der Waals surface area contributed by atoms with Crippen LogP contribution in [0.25, 0.3) is 10.8 Å². The number of methoxy groups -OCH3 is 1. The van der Waals surface area contributed by atoms with E-state index in [-0.39, 0.29) is 31.8 Å². The zero-order chi connectivity index (χ0) is 26.4. The zero-order valence-corrected chi connectivity index (χ0v) is 20.9. The highest BCUT2D eigenvalue weighted by Crippen LogP contribution is 2.40. The highest BCUT2D eigenvalue weighted by Gasteiger charge is 2.42. The molecule has 1 unspecified atom stereocenters. The molecule has 1 fully saturated rings. The van der Waals surface area contributed by atoms with E-state index in [0.717, 1.165) is 16.3 Å². The predicted octanol–water partition coefficient (Wildman–Crippen LogP) is 7.12. The highest BCUT2D eigenvalue weighted by molar-refractivity contribution is 5.88. The molecule has 0 aromatic heterocycles. The van der Waals surface area contributed by atoms with Crippen LogP contribution in [0, 0.1) is 23.0 Å². The number of alkyl halides is 3. The molecule has 3 rings (SSSR count). The topological polar surface area (TPSA) is 78.7 Å². The molecule has 0 bridgehead atoms. The molecule has 2 aromatic rings. The van der Waals surface area contributed by atoms with Crippen LogP contribution in [0.15, 0.2) is 30.3 Å². The fourth-order valence-electron chi connectivity index (χ4n) is 4.40. The van der Waals surface area contributed by atoms with Gasteiger partial charge in [-0.25, -0.2) is 0 Å². The Morgan fingerprint density at radius 2 is 1.74 bits per heavy atom. The number of halogens is 3. The first-order valence-corrected chi connectivity index (χ1v) is 11.9. The van der Waals surface area contributed by atoms with Gasteiger partial charge < -0.3 is 9.47 Å². The average Bonchev–Trinajstić information content (AvgIpc) is 2.84. The molecule has 1 aliphatic rings. The Morgan fingerprint density at radius 3 is 2.29 bits per heavy atom. The molecule has 35 heavy (non-hydrogen) atoms. The number of aryl methyl sites for hydroxylation is 1. The summed E-state index contributed by atoms with van der Waals surface area (Å²) in [7, 11) is 1.24. The van der Waals surface area contributed by atoms with Crippen molar-refractivity contribution >= 4 is 16.7 Å². The van der Waals surface area contributed by atoms with Gasteiger partial charge in [-0.3, -0.25) is 14.9 Å². The molecule has 0 radical (unpaired) electrons. The van der Waals surface area contributed by atoms with Crippen LogP contribution in [-0.2, 0) is 15.1 Å². The van der Waals surface area contributed by atoms with Gasteiger partial charge in [0, 0.05) is 23.8 Å². The number of carbonyl (C=O) groups is 1. The fourth-order valence-corrected chi connectivity index (χ4v) is 4.40. The van der Waals surface area contributed by atoms with E-state index in [0.29, 0.717) is 24.2 Å². The number of hydrogen-bond donors (Lipinski definition) is 0. The molecular formula is C26H34F3NO5. The van der Waals surface area contributed by atoms with E-state index in [1.54, 1.807) is 30.3 Å². The smallest absolute Gasteiger partial charge is 0.391 e. The second-order valence-electron chi connectivity index (χ2n) is 8.86. The van der Waals surface area contributed by atoms with Crippen molar-refractivity contribution in [3.05, 3.63) is 51.6 Å². The minimum Gasteiger partial charge on any atom is -0.490 e. The highest BCUT2D eigenvalue weighted by atomic mass is 19.4. The number of fused-ring (bicyclic) bond motifs is 1. The number of nitrogens with zero attached hydrogens (tertiary/aromatic N) is 1. The van der Waals surface area contributed by atoms with Gasteiger partial charge in [-0.1, -0.05) is 32.0 Å². The summed E-state index contributed by atoms with van der Waals surface area (Å²) in [4.78, 5) is 23.0. The maximum Gasteiger partial charge on any atom is 0.391 e. The van der Waals surface area contributed by atoms with Crippen molar-refractivity contribution in [1.29, 1.82) is 0 Å². The van der Waals surface area contributed by atoms with E-state index in [2.05, 4.69) is 4.74 Å². The largest absolute Gasteiger partial charge is 0.490 e. The number of benzene rings is 2. The Balaban J connectivity index is 0.00000210. The number of nitro groups is 1. The van der Waals surface area contributed by atoms with Crippen LogP contribution in [0.3, 0.4) is 0 Å². The van der Waals surface area contributed by atoms with Gasteiger partial charge in [0.05, 0.1) is 25.6 Å². The van der Waals surface area contributed by atoms with Gasteiger partial charge >= 0.3 is 12.1 Å². The molecule has 0 amide bonds. The van der Waals surface area contributed by atoms with Crippen molar-refractivity contribution in [2.75, 3.05) is 7.11 Å². The fraction of sp³-hybridized carbons (Fsp3) is 0.577. The number of ether oxygens (including phenoxy) is 2. The third kappa shape index (κ3) is 6.64. The molecule has 2 aromatic carbocycles. The summed E-state index contributed by atoms with van der Waals surface area (Å²) in [6.45, 7) is 7.35. The zero-order valence-electron chi connectivity index (χ0n) is 20.9. The van der Waals surface area contributed by atoms with Gasteiger partial charge in [0.2, 0.25) is 5.54 Å². The van der Waals surface area contributed by atoms with Crippen molar-refractivity contribution in [2.45, 2.75) is 84.0 Å². The Kier molecular flexibility index (Phi) is 9.52. The van der Waals surface area contributed by atoms with Crippen molar-refractivity contribution in [3.8, 4) is 5.75 Å². The van der Waals surface area contributed by atoms with Crippen molar-refractivity contribution in [3.63, 3.8) is 0 Å². The van der Waals surface area contributed by atoms with Gasteiger partial charge in [-0.05, 0) is 61.1 Å². The van der Waals surface area contributed by atoms with E-state index in [9.17, 15) is 28.1 Å². The monoisotopic (exact) mass is 497 g/mol. The first-order valence-electron chi connectivity index (χ1n) is 11.9. The van der Waals surface area contributed by atoms with Gasteiger partial charge in [-0.15, -0.1) is 0 Å². The molecule has 0 heterocycles. The van der Waals surface area contributed by atoms with Crippen LogP contribution in [-0.4, -0.2) is 30.3 Å². The summed E-state index contributed by atoms with van der Waals surface area (Å²) in [5.74, 6) is -1.16. The molecule has 1 atom stereocenters. The number of hydrogen-bond acceptors (Lipinski definition) is 5. The summed E-state index contributed by atoms with van der Waals surface area (Å²) in [5.41, 5.74) is -0.153. The van der Waals surface area contributed by atoms with E-state index >= 15 is 0 Å². The molecule has 1 saturated carbocycles. The lowest BCUT2D eigenvalue weighted by atomic mass is 9.86. The third-order valence-corrected chi connectivity index (χ3v) is 6.74. The van der Waals surface area contributed by atoms with Gasteiger partial charge in [0.25, 0.3) is 0 Å². The standard InChI is InChI=1S/C24H28F3NO5.C2H6/c1-15-20-10-7-18(23(2,28(30)31)13-12-22(29)32-3)14-16(20)4-11-21(15)33-19-8-5-17(6-9-19)24(25,26)27;1-2/h4,7,10-11,14,17,19H,5-6,8-9,12-13H2,1-3H3;1-2H3. The Morgan fingerprint density at radius 1 is 1.11 bits per heavy atom. The molecule has 0 N–H and O–H groups in total. The van der Waals surface area contributed by atoms with Crippen LogP contribution in [0.2, 0.25) is 0 Å². The van der Waals surface area contributed by atoms with Crippen LogP contribution in [0.4, 0.5) is 13.2 Å². The Hall–Kier alpha value is -2.84.